The molecule has 2 rings (SSSR count). The number of hydrogen-bond acceptors (Lipinski definition) is 4. The monoisotopic (exact) mass is 290 g/mol. The highest BCUT2D eigenvalue weighted by molar-refractivity contribution is 8.13. The van der Waals surface area contributed by atoms with Crippen LogP contribution in [0.4, 0.5) is 13.2 Å². The van der Waals surface area contributed by atoms with Crippen molar-refractivity contribution in [3.8, 4) is 0 Å². The number of amidine groups is 1. The number of halogens is 3. The van der Waals surface area contributed by atoms with Crippen LogP contribution in [0.25, 0.3) is 0 Å². The molecule has 7 heteroatoms. The van der Waals surface area contributed by atoms with Gasteiger partial charge in [0.25, 0.3) is 0 Å². The van der Waals surface area contributed by atoms with E-state index in [2.05, 4.69) is 10.3 Å². The van der Waals surface area contributed by atoms with Gasteiger partial charge in [0.1, 0.15) is 0 Å². The minimum atomic E-state index is -4.75. The van der Waals surface area contributed by atoms with Crippen molar-refractivity contribution in [2.75, 3.05) is 6.26 Å². The molecule has 1 aliphatic heterocycles. The highest BCUT2D eigenvalue weighted by atomic mass is 32.2. The zero-order valence-electron chi connectivity index (χ0n) is 10.1. The molecular formula is C12H13F3N2OS. The van der Waals surface area contributed by atoms with Crippen LogP contribution in [-0.4, -0.2) is 28.4 Å². The third-order valence-electron chi connectivity index (χ3n) is 2.92. The van der Waals surface area contributed by atoms with Crippen LogP contribution in [0.3, 0.4) is 0 Å². The summed E-state index contributed by atoms with van der Waals surface area (Å²) < 4.78 is 38.8. The Hall–Kier alpha value is -1.21. The average molecular weight is 290 g/mol. The lowest BCUT2D eigenvalue weighted by Gasteiger charge is -2.37. The minimum Gasteiger partial charge on any atom is -0.363 e. The van der Waals surface area contributed by atoms with Crippen LogP contribution in [0.2, 0.25) is 0 Å². The molecule has 3 nitrogen and oxygen atoms in total. The second-order valence-corrected chi connectivity index (χ2v) is 5.05. The van der Waals surface area contributed by atoms with E-state index in [-0.39, 0.29) is 5.17 Å². The number of aliphatic hydroxyl groups is 1. The number of thioether (sulfide) groups is 1. The molecule has 1 heterocycles. The van der Waals surface area contributed by atoms with Crippen molar-refractivity contribution < 1.29 is 18.3 Å². The molecule has 0 saturated carbocycles. The molecule has 0 fully saturated rings. The van der Waals surface area contributed by atoms with E-state index in [0.717, 1.165) is 11.8 Å². The molecule has 1 aromatic carbocycles. The normalized spacial score (nSPS) is 27.6. The van der Waals surface area contributed by atoms with Crippen LogP contribution in [0, 0.1) is 0 Å². The smallest absolute Gasteiger partial charge is 0.363 e. The van der Waals surface area contributed by atoms with E-state index in [4.69, 9.17) is 0 Å². The van der Waals surface area contributed by atoms with Crippen molar-refractivity contribution in [1.29, 1.82) is 0 Å². The van der Waals surface area contributed by atoms with E-state index in [0.29, 0.717) is 5.56 Å². The Labute approximate surface area is 112 Å². The zero-order chi connectivity index (χ0) is 14.1. The number of benzene rings is 1. The largest absolute Gasteiger partial charge is 0.436 e. The SMILES string of the molecule is CSC1=N[C@@H](c2ccccc2)C[C@@](O)(C(F)(F)F)N1. The van der Waals surface area contributed by atoms with Crippen molar-refractivity contribution in [1.82, 2.24) is 5.32 Å². The lowest BCUT2D eigenvalue weighted by atomic mass is 9.95. The van der Waals surface area contributed by atoms with E-state index in [1.807, 2.05) is 0 Å². The minimum absolute atomic E-state index is 0.0833. The Kier molecular flexibility index (Phi) is 3.78. The van der Waals surface area contributed by atoms with E-state index in [1.165, 1.54) is 0 Å². The molecule has 0 aromatic heterocycles. The molecule has 2 N–H and O–H groups in total. The summed E-state index contributed by atoms with van der Waals surface area (Å²) >= 11 is 1.04. The summed E-state index contributed by atoms with van der Waals surface area (Å²) in [6.45, 7) is 0. The second kappa shape index (κ2) is 5.05. The van der Waals surface area contributed by atoms with Gasteiger partial charge in [-0.2, -0.15) is 13.2 Å². The zero-order valence-corrected chi connectivity index (χ0v) is 10.9. The summed E-state index contributed by atoms with van der Waals surface area (Å²) in [4.78, 5) is 4.19. The van der Waals surface area contributed by atoms with E-state index >= 15 is 0 Å². The first kappa shape index (κ1) is 14.2. The van der Waals surface area contributed by atoms with Gasteiger partial charge in [0, 0.05) is 6.42 Å². The van der Waals surface area contributed by atoms with Gasteiger partial charge in [-0.25, -0.2) is 0 Å². The summed E-state index contributed by atoms with van der Waals surface area (Å²) in [7, 11) is 0. The van der Waals surface area contributed by atoms with E-state index < -0.39 is 24.4 Å². The van der Waals surface area contributed by atoms with Crippen molar-refractivity contribution in [3.63, 3.8) is 0 Å². The van der Waals surface area contributed by atoms with Crippen molar-refractivity contribution in [2.45, 2.75) is 24.4 Å². The first-order chi connectivity index (χ1) is 8.86. The van der Waals surface area contributed by atoms with E-state index in [9.17, 15) is 18.3 Å². The third-order valence-corrected chi connectivity index (χ3v) is 3.52. The first-order valence-corrected chi connectivity index (χ1v) is 6.82. The van der Waals surface area contributed by atoms with Crippen LogP contribution in [0.1, 0.15) is 18.0 Å². The van der Waals surface area contributed by atoms with Gasteiger partial charge in [0.05, 0.1) is 6.04 Å². The highest BCUT2D eigenvalue weighted by Crippen LogP contribution is 2.40. The first-order valence-electron chi connectivity index (χ1n) is 5.60. The molecule has 0 spiro atoms. The van der Waals surface area contributed by atoms with Gasteiger partial charge in [-0.15, -0.1) is 0 Å². The Morgan fingerprint density at radius 1 is 1.37 bits per heavy atom. The molecule has 1 aliphatic rings. The number of alkyl halides is 3. The third kappa shape index (κ3) is 2.87. The number of hydrogen-bond donors (Lipinski definition) is 2. The maximum atomic E-state index is 12.9. The Balaban J connectivity index is 2.36. The fourth-order valence-electron chi connectivity index (χ4n) is 1.89. The maximum Gasteiger partial charge on any atom is 0.436 e. The van der Waals surface area contributed by atoms with Gasteiger partial charge < -0.3 is 10.4 Å². The molecule has 0 saturated heterocycles. The van der Waals surface area contributed by atoms with Gasteiger partial charge in [-0.1, -0.05) is 42.1 Å². The van der Waals surface area contributed by atoms with Crippen LogP contribution in [0.15, 0.2) is 35.3 Å². The van der Waals surface area contributed by atoms with Gasteiger partial charge in [0.2, 0.25) is 5.72 Å². The Morgan fingerprint density at radius 3 is 2.53 bits per heavy atom. The van der Waals surface area contributed by atoms with Crippen LogP contribution >= 0.6 is 11.8 Å². The lowest BCUT2D eigenvalue weighted by molar-refractivity contribution is -0.271. The summed E-state index contributed by atoms with van der Waals surface area (Å²) in [5.74, 6) is 0. The molecule has 1 aromatic rings. The summed E-state index contributed by atoms with van der Waals surface area (Å²) in [5, 5.41) is 12.0. The fraction of sp³-hybridized carbons (Fsp3) is 0.417. The quantitative estimate of drug-likeness (QED) is 0.836. The van der Waals surface area contributed by atoms with Crippen molar-refractivity contribution in [3.05, 3.63) is 35.9 Å². The summed E-state index contributed by atoms with van der Waals surface area (Å²) in [6.07, 6.45) is -3.68. The van der Waals surface area contributed by atoms with Gasteiger partial charge in [-0.3, -0.25) is 4.99 Å². The molecule has 0 bridgehead atoms. The molecule has 0 radical (unpaired) electrons. The van der Waals surface area contributed by atoms with Gasteiger partial charge >= 0.3 is 6.18 Å². The van der Waals surface area contributed by atoms with Crippen LogP contribution in [-0.2, 0) is 0 Å². The van der Waals surface area contributed by atoms with Crippen LogP contribution in [0.5, 0.6) is 0 Å². The highest BCUT2D eigenvalue weighted by Gasteiger charge is 2.57. The molecule has 104 valence electrons. The molecule has 0 aliphatic carbocycles. The standard InChI is InChI=1S/C12H13F3N2OS/c1-19-10-16-9(8-5-3-2-4-6-8)7-11(18,17-10)12(13,14)15/h2-6,9,18H,7H2,1H3,(H,16,17)/t9-,11-/m1/s1. The molecule has 0 unspecified atom stereocenters. The van der Waals surface area contributed by atoms with E-state index in [1.54, 1.807) is 36.6 Å². The number of nitrogens with one attached hydrogen (secondary N) is 1. The number of aliphatic imine (C=N–C) groups is 1. The maximum absolute atomic E-state index is 12.9. The predicted molar refractivity (Wildman–Crippen MR) is 68.9 cm³/mol. The van der Waals surface area contributed by atoms with Gasteiger partial charge in [0.15, 0.2) is 5.17 Å². The van der Waals surface area contributed by atoms with Gasteiger partial charge in [-0.05, 0) is 11.8 Å². The van der Waals surface area contributed by atoms with Crippen molar-refractivity contribution >= 4 is 16.9 Å². The predicted octanol–water partition coefficient (Wildman–Crippen LogP) is 2.69. The number of rotatable bonds is 1. The van der Waals surface area contributed by atoms with Crippen LogP contribution < -0.4 is 5.32 Å². The average Bonchev–Trinajstić information content (AvgIpc) is 2.38. The fourth-order valence-corrected chi connectivity index (χ4v) is 2.39. The lowest BCUT2D eigenvalue weighted by Crippen LogP contribution is -2.60. The van der Waals surface area contributed by atoms with Crippen molar-refractivity contribution in [2.24, 2.45) is 4.99 Å². The topological polar surface area (TPSA) is 44.6 Å². The molecular weight excluding hydrogens is 277 g/mol. The molecule has 19 heavy (non-hydrogen) atoms. The summed E-state index contributed by atoms with van der Waals surface area (Å²) in [6, 6.07) is 7.94. The number of nitrogens with zero attached hydrogens (tertiary/aromatic N) is 1. The molecule has 2 atom stereocenters. The Bertz CT molecular complexity index is 478. The second-order valence-electron chi connectivity index (χ2n) is 4.25. The summed E-state index contributed by atoms with van der Waals surface area (Å²) in [5.41, 5.74) is -2.29. The Morgan fingerprint density at radius 2 is 2.00 bits per heavy atom. The molecule has 0 amide bonds.